The molecule has 0 aliphatic carbocycles. The van der Waals surface area contributed by atoms with Crippen LogP contribution in [0.1, 0.15) is 28.9 Å². The first kappa shape index (κ1) is 15.3. The summed E-state index contributed by atoms with van der Waals surface area (Å²) in [4.78, 5) is 10.9. The number of hydrogen-bond donors (Lipinski definition) is 2. The Morgan fingerprint density at radius 3 is 2.52 bits per heavy atom. The molecule has 110 valence electrons. The molecule has 2 rings (SSSR count). The number of benzene rings is 2. The summed E-state index contributed by atoms with van der Waals surface area (Å²) in [6.45, 7) is 1.70. The van der Waals surface area contributed by atoms with Crippen LogP contribution >= 0.6 is 11.6 Å². The summed E-state index contributed by atoms with van der Waals surface area (Å²) in [7, 11) is 0. The molecule has 3 nitrogen and oxygen atoms in total. The summed E-state index contributed by atoms with van der Waals surface area (Å²) >= 11 is 5.61. The van der Waals surface area contributed by atoms with E-state index in [2.05, 4.69) is 5.32 Å². The third-order valence-corrected chi connectivity index (χ3v) is 3.34. The predicted octanol–water partition coefficient (Wildman–Crippen LogP) is 4.49. The average molecular weight is 312 g/mol. The number of halogens is 3. The Bertz CT molecular complexity index is 691. The molecule has 0 bridgehead atoms. The van der Waals surface area contributed by atoms with Crippen LogP contribution in [-0.4, -0.2) is 11.1 Å². The van der Waals surface area contributed by atoms with Crippen LogP contribution < -0.4 is 5.32 Å². The van der Waals surface area contributed by atoms with Gasteiger partial charge in [0, 0.05) is 6.04 Å². The molecule has 2 aromatic carbocycles. The van der Waals surface area contributed by atoms with Gasteiger partial charge in [-0.3, -0.25) is 0 Å². The van der Waals surface area contributed by atoms with E-state index < -0.39 is 23.6 Å². The van der Waals surface area contributed by atoms with Crippen molar-refractivity contribution in [2.45, 2.75) is 13.0 Å². The smallest absolute Gasteiger partial charge is 0.335 e. The number of carbonyl (C=O) groups is 1. The number of rotatable bonds is 4. The van der Waals surface area contributed by atoms with Gasteiger partial charge in [-0.15, -0.1) is 0 Å². The van der Waals surface area contributed by atoms with Gasteiger partial charge in [-0.25, -0.2) is 13.6 Å². The van der Waals surface area contributed by atoms with E-state index in [-0.39, 0.29) is 16.3 Å². The number of anilines is 1. The van der Waals surface area contributed by atoms with E-state index >= 15 is 0 Å². The Balaban J connectivity index is 2.26. The molecule has 0 heterocycles. The van der Waals surface area contributed by atoms with Gasteiger partial charge in [0.15, 0.2) is 0 Å². The predicted molar refractivity (Wildman–Crippen MR) is 76.8 cm³/mol. The molecular formula is C15H12ClF2NO2. The van der Waals surface area contributed by atoms with E-state index in [4.69, 9.17) is 16.7 Å². The van der Waals surface area contributed by atoms with E-state index in [1.165, 1.54) is 24.3 Å². The van der Waals surface area contributed by atoms with E-state index in [0.717, 1.165) is 6.07 Å². The van der Waals surface area contributed by atoms with E-state index in [1.54, 1.807) is 13.0 Å². The molecule has 0 aliphatic rings. The molecule has 0 spiro atoms. The molecule has 0 fully saturated rings. The second-order valence-corrected chi connectivity index (χ2v) is 4.95. The topological polar surface area (TPSA) is 49.3 Å². The number of carboxylic acids is 1. The van der Waals surface area contributed by atoms with Crippen LogP contribution in [0.5, 0.6) is 0 Å². The fourth-order valence-corrected chi connectivity index (χ4v) is 1.98. The van der Waals surface area contributed by atoms with Crippen LogP contribution in [0.25, 0.3) is 0 Å². The van der Waals surface area contributed by atoms with Gasteiger partial charge < -0.3 is 10.4 Å². The van der Waals surface area contributed by atoms with Crippen molar-refractivity contribution in [3.8, 4) is 0 Å². The fourth-order valence-electron chi connectivity index (χ4n) is 1.87. The minimum Gasteiger partial charge on any atom is -0.478 e. The highest BCUT2D eigenvalue weighted by Crippen LogP contribution is 2.25. The van der Waals surface area contributed by atoms with Crippen molar-refractivity contribution in [1.29, 1.82) is 0 Å². The Morgan fingerprint density at radius 1 is 1.19 bits per heavy atom. The Kier molecular flexibility index (Phi) is 4.43. The summed E-state index contributed by atoms with van der Waals surface area (Å²) in [5, 5.41) is 11.7. The standard InChI is InChI=1S/C15H12ClF2NO2/c1-8(9-2-4-11(16)13(18)6-9)19-14-7-10(15(20)21)3-5-12(14)17/h2-8,19H,1H3,(H,20,21). The summed E-state index contributed by atoms with van der Waals surface area (Å²) < 4.78 is 27.1. The number of nitrogens with one attached hydrogen (secondary N) is 1. The van der Waals surface area contributed by atoms with Gasteiger partial charge in [-0.2, -0.15) is 0 Å². The lowest BCUT2D eigenvalue weighted by molar-refractivity contribution is 0.0697. The third-order valence-electron chi connectivity index (χ3n) is 3.03. The lowest BCUT2D eigenvalue weighted by atomic mass is 10.1. The second-order valence-electron chi connectivity index (χ2n) is 4.54. The molecule has 0 amide bonds. The van der Waals surface area contributed by atoms with Gasteiger partial charge in [-0.05, 0) is 42.8 Å². The first-order valence-corrected chi connectivity index (χ1v) is 6.50. The quantitative estimate of drug-likeness (QED) is 0.874. The summed E-state index contributed by atoms with van der Waals surface area (Å²) in [6, 6.07) is 7.29. The minimum atomic E-state index is -1.15. The van der Waals surface area contributed by atoms with Gasteiger partial charge in [0.25, 0.3) is 0 Å². The summed E-state index contributed by atoms with van der Waals surface area (Å²) in [5.74, 6) is -2.30. The molecule has 21 heavy (non-hydrogen) atoms. The zero-order valence-corrected chi connectivity index (χ0v) is 11.8. The van der Waals surface area contributed by atoms with Gasteiger partial charge >= 0.3 is 5.97 Å². The number of carboxylic acid groups (broad SMARTS) is 1. The molecule has 0 radical (unpaired) electrons. The molecule has 2 aromatic rings. The maximum Gasteiger partial charge on any atom is 0.335 e. The van der Waals surface area contributed by atoms with Gasteiger partial charge in [0.1, 0.15) is 11.6 Å². The molecule has 1 unspecified atom stereocenters. The van der Waals surface area contributed by atoms with Gasteiger partial charge in [0.05, 0.1) is 16.3 Å². The maximum absolute atomic E-state index is 13.7. The van der Waals surface area contributed by atoms with Crippen LogP contribution in [0.2, 0.25) is 5.02 Å². The normalized spacial score (nSPS) is 12.0. The van der Waals surface area contributed by atoms with Gasteiger partial charge in [-0.1, -0.05) is 17.7 Å². The van der Waals surface area contributed by atoms with Crippen LogP contribution in [0.15, 0.2) is 36.4 Å². The van der Waals surface area contributed by atoms with Crippen molar-refractivity contribution in [2.75, 3.05) is 5.32 Å². The molecule has 0 saturated heterocycles. The van der Waals surface area contributed by atoms with Crippen LogP contribution in [-0.2, 0) is 0 Å². The Labute approximate surface area is 125 Å². The highest BCUT2D eigenvalue weighted by atomic mass is 35.5. The van der Waals surface area contributed by atoms with Crippen molar-refractivity contribution >= 4 is 23.3 Å². The largest absolute Gasteiger partial charge is 0.478 e. The third kappa shape index (κ3) is 3.49. The molecule has 0 aromatic heterocycles. The lowest BCUT2D eigenvalue weighted by Crippen LogP contribution is -2.09. The van der Waals surface area contributed by atoms with Crippen molar-refractivity contribution in [2.24, 2.45) is 0 Å². The molecule has 0 saturated carbocycles. The van der Waals surface area contributed by atoms with Gasteiger partial charge in [0.2, 0.25) is 0 Å². The SMILES string of the molecule is CC(Nc1cc(C(=O)O)ccc1F)c1ccc(Cl)c(F)c1. The maximum atomic E-state index is 13.7. The molecule has 2 N–H and O–H groups in total. The number of hydrogen-bond acceptors (Lipinski definition) is 2. The molecule has 1 atom stereocenters. The zero-order chi connectivity index (χ0) is 15.6. The average Bonchev–Trinajstić information content (AvgIpc) is 2.43. The van der Waals surface area contributed by atoms with E-state index in [9.17, 15) is 13.6 Å². The van der Waals surface area contributed by atoms with Crippen molar-refractivity contribution in [1.82, 2.24) is 0 Å². The first-order chi connectivity index (χ1) is 9.88. The van der Waals surface area contributed by atoms with Crippen molar-refractivity contribution in [3.05, 3.63) is 64.2 Å². The molecular weight excluding hydrogens is 300 g/mol. The highest BCUT2D eigenvalue weighted by molar-refractivity contribution is 6.30. The van der Waals surface area contributed by atoms with Crippen molar-refractivity contribution < 1.29 is 18.7 Å². The lowest BCUT2D eigenvalue weighted by Gasteiger charge is -2.17. The highest BCUT2D eigenvalue weighted by Gasteiger charge is 2.13. The second kappa shape index (κ2) is 6.10. The van der Waals surface area contributed by atoms with E-state index in [0.29, 0.717) is 5.56 Å². The summed E-state index contributed by atoms with van der Waals surface area (Å²) in [6.07, 6.45) is 0. The Hall–Kier alpha value is -2.14. The minimum absolute atomic E-state index is 0.00463. The number of aromatic carboxylic acids is 1. The monoisotopic (exact) mass is 311 g/mol. The van der Waals surface area contributed by atoms with Crippen molar-refractivity contribution in [3.63, 3.8) is 0 Å². The molecule has 0 aliphatic heterocycles. The fraction of sp³-hybridized carbons (Fsp3) is 0.133. The first-order valence-electron chi connectivity index (χ1n) is 6.13. The molecule has 6 heteroatoms. The summed E-state index contributed by atoms with van der Waals surface area (Å²) in [5.41, 5.74) is 0.572. The van der Waals surface area contributed by atoms with Crippen LogP contribution in [0.4, 0.5) is 14.5 Å². The van der Waals surface area contributed by atoms with Crippen LogP contribution in [0, 0.1) is 11.6 Å². The van der Waals surface area contributed by atoms with Crippen LogP contribution in [0.3, 0.4) is 0 Å². The van der Waals surface area contributed by atoms with E-state index in [1.807, 2.05) is 0 Å². The zero-order valence-electron chi connectivity index (χ0n) is 11.0. The Morgan fingerprint density at radius 2 is 1.90 bits per heavy atom.